The molecule has 0 aliphatic rings. The van der Waals surface area contributed by atoms with Gasteiger partial charge in [-0.15, -0.1) is 0 Å². The summed E-state index contributed by atoms with van der Waals surface area (Å²) in [5.41, 5.74) is 1.55. The van der Waals surface area contributed by atoms with Crippen molar-refractivity contribution in [1.29, 1.82) is 5.26 Å². The molecule has 2 aromatic rings. The molecule has 4 nitrogen and oxygen atoms in total. The Kier molecular flexibility index (Phi) is 5.79. The van der Waals surface area contributed by atoms with Gasteiger partial charge in [0, 0.05) is 10.6 Å². The van der Waals surface area contributed by atoms with Crippen LogP contribution in [0.25, 0.3) is 6.08 Å². The molecule has 5 heteroatoms. The van der Waals surface area contributed by atoms with Crippen LogP contribution in [0.2, 0.25) is 5.02 Å². The van der Waals surface area contributed by atoms with Gasteiger partial charge in [0.05, 0.1) is 7.11 Å². The van der Waals surface area contributed by atoms with E-state index in [1.54, 1.807) is 24.3 Å². The van der Waals surface area contributed by atoms with Gasteiger partial charge in [0.15, 0.2) is 0 Å². The molecule has 0 aliphatic heterocycles. The van der Waals surface area contributed by atoms with Crippen molar-refractivity contribution in [3.8, 4) is 11.8 Å². The summed E-state index contributed by atoms with van der Waals surface area (Å²) >= 11 is 6.07. The van der Waals surface area contributed by atoms with Crippen LogP contribution in [0, 0.1) is 11.3 Å². The predicted octanol–water partition coefficient (Wildman–Crippen LogP) is 4.00. The molecule has 0 spiro atoms. The van der Waals surface area contributed by atoms with Crippen molar-refractivity contribution in [1.82, 2.24) is 0 Å². The summed E-state index contributed by atoms with van der Waals surface area (Å²) in [6.07, 6.45) is 1.46. The zero-order chi connectivity index (χ0) is 16.7. The van der Waals surface area contributed by atoms with E-state index < -0.39 is 5.97 Å². The number of methoxy groups -OCH3 is 1. The molecule has 0 amide bonds. The number of carbonyl (C=O) groups excluding carboxylic acids is 1. The lowest BCUT2D eigenvalue weighted by atomic mass is 10.1. The average molecular weight is 328 g/mol. The molecule has 0 saturated heterocycles. The molecule has 116 valence electrons. The third-order valence-corrected chi connectivity index (χ3v) is 3.44. The highest BCUT2D eigenvalue weighted by atomic mass is 35.5. The normalized spacial score (nSPS) is 10.7. The van der Waals surface area contributed by atoms with Crippen LogP contribution in [-0.4, -0.2) is 13.1 Å². The molecule has 2 rings (SSSR count). The van der Waals surface area contributed by atoms with E-state index in [1.807, 2.05) is 30.3 Å². The molecule has 0 N–H and O–H groups in total. The lowest BCUT2D eigenvalue weighted by Gasteiger charge is -2.08. The molecule has 0 unspecified atom stereocenters. The molecule has 0 heterocycles. The fraction of sp³-hybridized carbons (Fsp3) is 0.111. The number of ether oxygens (including phenoxy) is 2. The molecular formula is C18H14ClNO3. The van der Waals surface area contributed by atoms with Crippen LogP contribution in [0.5, 0.6) is 5.75 Å². The maximum atomic E-state index is 11.4. The van der Waals surface area contributed by atoms with Gasteiger partial charge >= 0.3 is 5.97 Å². The Morgan fingerprint density at radius 3 is 2.52 bits per heavy atom. The summed E-state index contributed by atoms with van der Waals surface area (Å²) < 4.78 is 10.2. The van der Waals surface area contributed by atoms with Gasteiger partial charge in [-0.05, 0) is 29.8 Å². The van der Waals surface area contributed by atoms with Crippen molar-refractivity contribution >= 4 is 23.6 Å². The highest BCUT2D eigenvalue weighted by Gasteiger charge is 2.08. The van der Waals surface area contributed by atoms with E-state index >= 15 is 0 Å². The molecule has 2 aromatic carbocycles. The van der Waals surface area contributed by atoms with E-state index in [9.17, 15) is 4.79 Å². The van der Waals surface area contributed by atoms with E-state index in [4.69, 9.17) is 21.6 Å². The second kappa shape index (κ2) is 8.02. The number of hydrogen-bond donors (Lipinski definition) is 0. The van der Waals surface area contributed by atoms with Crippen LogP contribution < -0.4 is 4.74 Å². The zero-order valence-corrected chi connectivity index (χ0v) is 13.2. The Morgan fingerprint density at radius 1 is 1.22 bits per heavy atom. The monoisotopic (exact) mass is 327 g/mol. The van der Waals surface area contributed by atoms with Gasteiger partial charge in [-0.2, -0.15) is 5.26 Å². The number of rotatable bonds is 5. The van der Waals surface area contributed by atoms with E-state index in [2.05, 4.69) is 4.74 Å². The first-order chi connectivity index (χ1) is 11.1. The van der Waals surface area contributed by atoms with Gasteiger partial charge in [-0.25, -0.2) is 4.79 Å². The Bertz CT molecular complexity index is 761. The highest BCUT2D eigenvalue weighted by Crippen LogP contribution is 2.19. The van der Waals surface area contributed by atoms with Crippen LogP contribution in [0.1, 0.15) is 11.1 Å². The first-order valence-corrected chi connectivity index (χ1v) is 7.18. The standard InChI is InChI=1S/C18H14ClNO3/c1-22-18(21)15(11-20)10-13-6-8-16(9-7-13)23-12-14-4-2-3-5-17(14)19/h2-10H,12H2,1H3/b15-10-. The third kappa shape index (κ3) is 4.60. The molecule has 0 aliphatic carbocycles. The molecule has 0 aromatic heterocycles. The minimum absolute atomic E-state index is 0.0581. The first-order valence-electron chi connectivity index (χ1n) is 6.80. The van der Waals surface area contributed by atoms with E-state index in [-0.39, 0.29) is 5.57 Å². The van der Waals surface area contributed by atoms with Crippen molar-refractivity contribution in [2.75, 3.05) is 7.11 Å². The molecule has 0 saturated carbocycles. The Morgan fingerprint density at radius 2 is 1.91 bits per heavy atom. The van der Waals surface area contributed by atoms with Crippen LogP contribution in [-0.2, 0) is 16.1 Å². The summed E-state index contributed by atoms with van der Waals surface area (Å²) in [7, 11) is 1.24. The molecule has 0 fully saturated rings. The largest absolute Gasteiger partial charge is 0.489 e. The Labute approximate surface area is 139 Å². The second-order valence-corrected chi connectivity index (χ2v) is 5.02. The number of benzene rings is 2. The third-order valence-electron chi connectivity index (χ3n) is 3.07. The zero-order valence-electron chi connectivity index (χ0n) is 12.5. The average Bonchev–Trinajstić information content (AvgIpc) is 2.59. The molecule has 23 heavy (non-hydrogen) atoms. The topological polar surface area (TPSA) is 59.3 Å². The van der Waals surface area contributed by atoms with E-state index in [0.29, 0.717) is 22.9 Å². The van der Waals surface area contributed by atoms with Crippen LogP contribution >= 0.6 is 11.6 Å². The number of nitriles is 1. The van der Waals surface area contributed by atoms with Gasteiger partial charge in [-0.3, -0.25) is 0 Å². The van der Waals surface area contributed by atoms with Crippen LogP contribution in [0.3, 0.4) is 0 Å². The van der Waals surface area contributed by atoms with Gasteiger partial charge in [0.2, 0.25) is 0 Å². The summed E-state index contributed by atoms with van der Waals surface area (Å²) in [5.74, 6) is 0.00481. The molecule has 0 radical (unpaired) electrons. The minimum atomic E-state index is -0.661. The van der Waals surface area contributed by atoms with E-state index in [1.165, 1.54) is 13.2 Å². The van der Waals surface area contributed by atoms with Crippen molar-refractivity contribution in [2.45, 2.75) is 6.61 Å². The van der Waals surface area contributed by atoms with Gasteiger partial charge < -0.3 is 9.47 Å². The molecular weight excluding hydrogens is 314 g/mol. The van der Waals surface area contributed by atoms with Crippen molar-refractivity contribution in [2.24, 2.45) is 0 Å². The maximum Gasteiger partial charge on any atom is 0.348 e. The van der Waals surface area contributed by atoms with Gasteiger partial charge in [0.1, 0.15) is 24.0 Å². The smallest absolute Gasteiger partial charge is 0.348 e. The summed E-state index contributed by atoms with van der Waals surface area (Å²) in [4.78, 5) is 11.4. The number of hydrogen-bond acceptors (Lipinski definition) is 4. The second-order valence-electron chi connectivity index (χ2n) is 4.61. The van der Waals surface area contributed by atoms with Crippen LogP contribution in [0.4, 0.5) is 0 Å². The number of nitrogens with zero attached hydrogens (tertiary/aromatic N) is 1. The van der Waals surface area contributed by atoms with E-state index in [0.717, 1.165) is 5.56 Å². The van der Waals surface area contributed by atoms with Crippen molar-refractivity contribution in [3.63, 3.8) is 0 Å². The first kappa shape index (κ1) is 16.6. The summed E-state index contributed by atoms with van der Waals surface area (Å²) in [6, 6.07) is 16.3. The Hall–Kier alpha value is -2.77. The Balaban J connectivity index is 2.05. The summed E-state index contributed by atoms with van der Waals surface area (Å²) in [5, 5.41) is 9.58. The fourth-order valence-corrected chi connectivity index (χ4v) is 2.04. The highest BCUT2D eigenvalue weighted by molar-refractivity contribution is 6.31. The predicted molar refractivity (Wildman–Crippen MR) is 87.8 cm³/mol. The molecule has 0 bridgehead atoms. The van der Waals surface area contributed by atoms with Crippen molar-refractivity contribution < 1.29 is 14.3 Å². The van der Waals surface area contributed by atoms with Gasteiger partial charge in [-0.1, -0.05) is 41.9 Å². The lowest BCUT2D eigenvalue weighted by molar-refractivity contribution is -0.135. The maximum absolute atomic E-state index is 11.4. The van der Waals surface area contributed by atoms with Crippen molar-refractivity contribution in [3.05, 3.63) is 70.3 Å². The SMILES string of the molecule is COC(=O)/C(C#N)=C\c1ccc(OCc2ccccc2Cl)cc1. The van der Waals surface area contributed by atoms with Crippen LogP contribution in [0.15, 0.2) is 54.1 Å². The minimum Gasteiger partial charge on any atom is -0.489 e. The summed E-state index contributed by atoms with van der Waals surface area (Å²) in [6.45, 7) is 0.362. The van der Waals surface area contributed by atoms with Gasteiger partial charge in [0.25, 0.3) is 0 Å². The molecule has 0 atom stereocenters. The quantitative estimate of drug-likeness (QED) is 0.473. The number of esters is 1. The number of halogens is 1. The fourth-order valence-electron chi connectivity index (χ4n) is 1.85. The number of carbonyl (C=O) groups is 1. The lowest BCUT2D eigenvalue weighted by Crippen LogP contribution is -2.02.